The maximum atomic E-state index is 5.37. The van der Waals surface area contributed by atoms with Crippen molar-refractivity contribution in [3.63, 3.8) is 0 Å². The molecule has 3 aromatic heterocycles. The number of allylic oxidation sites excluding steroid dienone is 8. The molecule has 12 heteroatoms. The molecule has 3 aromatic rings. The molecule has 9 heterocycles. The van der Waals surface area contributed by atoms with Gasteiger partial charge in [0.1, 0.15) is 0 Å². The molecular formula is C44H46Cl4N8. The Morgan fingerprint density at radius 3 is 1.46 bits per heavy atom. The number of hydrogen-bond acceptors (Lipinski definition) is 6. The van der Waals surface area contributed by atoms with Gasteiger partial charge in [-0.15, -0.1) is 49.6 Å². The number of H-pyrrole nitrogens is 1. The lowest BCUT2D eigenvalue weighted by Crippen LogP contribution is -2.16. The number of halogens is 4. The molecule has 8 nitrogen and oxygen atoms in total. The topological polar surface area (TPSA) is 59.5 Å². The lowest BCUT2D eigenvalue weighted by atomic mass is 9.90. The summed E-state index contributed by atoms with van der Waals surface area (Å²) in [5.41, 5.74) is 16.0. The predicted molar refractivity (Wildman–Crippen MR) is 247 cm³/mol. The molecule has 6 aliphatic heterocycles. The molecule has 0 saturated heterocycles. The molecule has 290 valence electrons. The summed E-state index contributed by atoms with van der Waals surface area (Å²) in [5.74, 6) is 0. The van der Waals surface area contributed by atoms with Crippen LogP contribution in [0.2, 0.25) is 0 Å². The number of nitrogens with one attached hydrogen (secondary N) is 1. The lowest BCUT2D eigenvalue weighted by Gasteiger charge is -2.22. The zero-order chi connectivity index (χ0) is 35.3. The first kappa shape index (κ1) is 42.0. The van der Waals surface area contributed by atoms with E-state index in [1.165, 1.54) is 22.3 Å². The minimum absolute atomic E-state index is 0. The SMILES string of the molecule is CN1C=CC(c2c(C3=CCN(C)C=C3)c3c(C4=CCN(C)C=C4)c4nc(cc5ccc(cc6nc(cc2n3C2=CCN(C)C=C2)C=C6)[nH]5)C=C4)=CC1.Cl.Cl.Cl.Cl. The highest BCUT2D eigenvalue weighted by Gasteiger charge is 2.28. The van der Waals surface area contributed by atoms with Crippen LogP contribution >= 0.6 is 49.6 Å². The quantitative estimate of drug-likeness (QED) is 0.195. The van der Waals surface area contributed by atoms with E-state index >= 15 is 0 Å². The largest absolute Gasteiger partial charge is 0.377 e. The van der Waals surface area contributed by atoms with Crippen molar-refractivity contribution in [2.24, 2.45) is 0 Å². The van der Waals surface area contributed by atoms with E-state index in [4.69, 9.17) is 9.97 Å². The van der Waals surface area contributed by atoms with E-state index in [1.807, 2.05) is 0 Å². The standard InChI is InChI=1S/C44H42N8.4ClH/c1-48-19-11-30(12-20-48)41-39-10-9-36(47-39)28-35-6-5-33(45-35)27-34-7-8-37(46-34)29-40-42(31-13-21-49(2)22-14-31)43(32-15-23-50(3)24-16-32)44(41)52(40)38-17-25-51(4)26-18-38;;;;/h5-19,21,23,25,27-29,45H,20,22,24,26H2,1-4H3;4*1H. The van der Waals surface area contributed by atoms with Gasteiger partial charge in [-0.25, -0.2) is 9.97 Å². The van der Waals surface area contributed by atoms with Gasteiger partial charge in [-0.1, -0.05) is 18.2 Å². The third-order valence-corrected chi connectivity index (χ3v) is 10.2. The summed E-state index contributed by atoms with van der Waals surface area (Å²) in [5, 5.41) is 0. The number of rotatable bonds is 4. The maximum Gasteiger partial charge on any atom is 0.0737 e. The number of likely N-dealkylation sites (N-methyl/N-ethyl adjacent to an activating group) is 4. The van der Waals surface area contributed by atoms with Crippen molar-refractivity contribution in [1.29, 1.82) is 0 Å². The van der Waals surface area contributed by atoms with Gasteiger partial charge in [-0.2, -0.15) is 0 Å². The first-order valence-electron chi connectivity index (χ1n) is 17.9. The van der Waals surface area contributed by atoms with Gasteiger partial charge < -0.3 is 29.2 Å². The molecular weight excluding hydrogens is 782 g/mol. The highest BCUT2D eigenvalue weighted by molar-refractivity contribution is 6.08. The van der Waals surface area contributed by atoms with E-state index in [9.17, 15) is 0 Å². The summed E-state index contributed by atoms with van der Waals surface area (Å²) < 4.78 is 2.48. The predicted octanol–water partition coefficient (Wildman–Crippen LogP) is 9.64. The zero-order valence-electron chi connectivity index (χ0n) is 31.7. The molecule has 0 aromatic carbocycles. The van der Waals surface area contributed by atoms with E-state index in [0.717, 1.165) is 87.9 Å². The van der Waals surface area contributed by atoms with Crippen molar-refractivity contribution in [1.82, 2.24) is 39.1 Å². The molecule has 0 saturated carbocycles. The molecule has 6 aliphatic rings. The second-order valence-corrected chi connectivity index (χ2v) is 14.2. The normalized spacial score (nSPS) is 16.6. The molecule has 9 rings (SSSR count). The van der Waals surface area contributed by atoms with E-state index in [1.54, 1.807) is 0 Å². The van der Waals surface area contributed by atoms with E-state index < -0.39 is 0 Å². The Morgan fingerprint density at radius 1 is 0.482 bits per heavy atom. The van der Waals surface area contributed by atoms with Crippen molar-refractivity contribution in [3.05, 3.63) is 143 Å². The second-order valence-electron chi connectivity index (χ2n) is 14.2. The summed E-state index contributed by atoms with van der Waals surface area (Å²) in [6, 6.07) is 10.7. The zero-order valence-corrected chi connectivity index (χ0v) is 35.0. The average Bonchev–Trinajstić information content (AvgIpc) is 3.95. The average molecular weight is 829 g/mol. The van der Waals surface area contributed by atoms with Crippen LogP contribution in [0, 0.1) is 0 Å². The molecule has 0 fully saturated rings. The Bertz CT molecular complexity index is 2510. The minimum Gasteiger partial charge on any atom is -0.377 e. The van der Waals surface area contributed by atoms with Crippen molar-refractivity contribution in [3.8, 4) is 0 Å². The molecule has 56 heavy (non-hydrogen) atoms. The third-order valence-electron chi connectivity index (χ3n) is 10.2. The lowest BCUT2D eigenvalue weighted by molar-refractivity contribution is 0.505. The Labute approximate surface area is 353 Å². The summed E-state index contributed by atoms with van der Waals surface area (Å²) >= 11 is 0. The maximum absolute atomic E-state index is 5.37. The van der Waals surface area contributed by atoms with Crippen molar-refractivity contribution in [2.45, 2.75) is 0 Å². The number of fused-ring (bicyclic) bond motifs is 8. The van der Waals surface area contributed by atoms with Gasteiger partial charge in [0, 0.05) is 94.0 Å². The van der Waals surface area contributed by atoms with E-state index in [0.29, 0.717) is 0 Å². The van der Waals surface area contributed by atoms with E-state index in [2.05, 4.69) is 185 Å². The van der Waals surface area contributed by atoms with Crippen molar-refractivity contribution >= 4 is 118 Å². The summed E-state index contributed by atoms with van der Waals surface area (Å²) in [7, 11) is 8.48. The fourth-order valence-electron chi connectivity index (χ4n) is 7.45. The number of nitrogens with zero attached hydrogens (tertiary/aromatic N) is 7. The Morgan fingerprint density at radius 2 is 0.946 bits per heavy atom. The Balaban J connectivity index is 0.00000150. The first-order valence-corrected chi connectivity index (χ1v) is 17.9. The molecule has 8 bridgehead atoms. The van der Waals surface area contributed by atoms with Crippen LogP contribution in [0.5, 0.6) is 0 Å². The van der Waals surface area contributed by atoms with Gasteiger partial charge in [0.2, 0.25) is 0 Å². The smallest absolute Gasteiger partial charge is 0.0737 e. The Kier molecular flexibility index (Phi) is 13.0. The summed E-state index contributed by atoms with van der Waals surface area (Å²) in [6.45, 7) is 3.25. The number of aromatic amines is 1. The monoisotopic (exact) mass is 826 g/mol. The highest BCUT2D eigenvalue weighted by atomic mass is 35.5. The van der Waals surface area contributed by atoms with Gasteiger partial charge in [0.05, 0.1) is 33.8 Å². The summed E-state index contributed by atoms with van der Waals surface area (Å²) in [4.78, 5) is 22.9. The number of hydrogen-bond donors (Lipinski definition) is 1. The molecule has 0 amide bonds. The van der Waals surface area contributed by atoms with Crippen molar-refractivity contribution in [2.75, 3.05) is 54.4 Å². The number of aromatic nitrogens is 4. The van der Waals surface area contributed by atoms with Crippen LogP contribution in [0.15, 0.2) is 104 Å². The van der Waals surface area contributed by atoms with Gasteiger partial charge in [0.15, 0.2) is 0 Å². The van der Waals surface area contributed by atoms with Crippen LogP contribution in [-0.4, -0.2) is 93.5 Å². The molecule has 0 unspecified atom stereocenters. The molecule has 0 spiro atoms. The fraction of sp³-hybridized carbons (Fsp3) is 0.182. The van der Waals surface area contributed by atoms with Gasteiger partial charge in [0.25, 0.3) is 0 Å². The minimum atomic E-state index is 0. The van der Waals surface area contributed by atoms with Gasteiger partial charge in [-0.3, -0.25) is 0 Å². The van der Waals surface area contributed by atoms with Gasteiger partial charge in [-0.05, 0) is 120 Å². The first-order chi connectivity index (χ1) is 25.4. The van der Waals surface area contributed by atoms with Crippen LogP contribution in [0.1, 0.15) is 39.5 Å². The van der Waals surface area contributed by atoms with Crippen LogP contribution < -0.4 is 0 Å². The fourth-order valence-corrected chi connectivity index (χ4v) is 7.45. The summed E-state index contributed by atoms with van der Waals surface area (Å²) in [6.07, 6.45) is 35.7. The molecule has 0 aliphatic carbocycles. The van der Waals surface area contributed by atoms with Crippen LogP contribution in [0.4, 0.5) is 0 Å². The van der Waals surface area contributed by atoms with Crippen LogP contribution in [0.3, 0.4) is 0 Å². The molecule has 0 radical (unpaired) electrons. The Hall–Kier alpha value is -5.12. The van der Waals surface area contributed by atoms with Crippen LogP contribution in [0.25, 0.3) is 68.8 Å². The van der Waals surface area contributed by atoms with Gasteiger partial charge >= 0.3 is 0 Å². The highest BCUT2D eigenvalue weighted by Crippen LogP contribution is 2.44. The third kappa shape index (κ3) is 8.06. The molecule has 1 N–H and O–H groups in total. The van der Waals surface area contributed by atoms with Crippen molar-refractivity contribution < 1.29 is 0 Å². The second kappa shape index (κ2) is 17.3. The molecule has 0 atom stereocenters. The van der Waals surface area contributed by atoms with Crippen LogP contribution in [-0.2, 0) is 0 Å². The van der Waals surface area contributed by atoms with E-state index in [-0.39, 0.29) is 49.6 Å².